The number of anilines is 1. The molecule has 1 aromatic heterocycles. The third-order valence-electron chi connectivity index (χ3n) is 1.70. The molecule has 1 N–H and O–H groups in total. The van der Waals surface area contributed by atoms with Crippen molar-refractivity contribution in [2.45, 2.75) is 13.3 Å². The van der Waals surface area contributed by atoms with Gasteiger partial charge in [-0.25, -0.2) is 0 Å². The van der Waals surface area contributed by atoms with Crippen LogP contribution in [0, 0.1) is 0 Å². The second-order valence-electron chi connectivity index (χ2n) is 2.85. The molecular weight excluding hydrogens is 237 g/mol. The van der Waals surface area contributed by atoms with Crippen LogP contribution in [0.2, 0.25) is 10.3 Å². The van der Waals surface area contributed by atoms with E-state index in [0.29, 0.717) is 16.0 Å². The van der Waals surface area contributed by atoms with E-state index in [2.05, 4.69) is 15.5 Å². The summed E-state index contributed by atoms with van der Waals surface area (Å²) in [5.41, 5.74) is 0.702. The normalized spacial score (nSPS) is 10.3. The molecule has 0 radical (unpaired) electrons. The van der Waals surface area contributed by atoms with Crippen LogP contribution in [0.5, 0.6) is 0 Å². The van der Waals surface area contributed by atoms with E-state index in [1.807, 2.05) is 6.92 Å². The van der Waals surface area contributed by atoms with Gasteiger partial charge in [0.15, 0.2) is 10.3 Å². The molecule has 0 aliphatic heterocycles. The summed E-state index contributed by atoms with van der Waals surface area (Å²) in [7, 11) is 0. The van der Waals surface area contributed by atoms with E-state index in [9.17, 15) is 0 Å². The lowest BCUT2D eigenvalue weighted by molar-refractivity contribution is 0.147. The Kier molecular flexibility index (Phi) is 5.68. The van der Waals surface area contributed by atoms with Gasteiger partial charge in [-0.1, -0.05) is 23.2 Å². The molecule has 0 unspecified atom stereocenters. The van der Waals surface area contributed by atoms with Crippen LogP contribution < -0.4 is 5.32 Å². The minimum Gasteiger partial charge on any atom is -0.382 e. The minimum atomic E-state index is 0.326. The van der Waals surface area contributed by atoms with Crippen molar-refractivity contribution in [1.82, 2.24) is 10.2 Å². The number of halogens is 2. The number of hydrogen-bond donors (Lipinski definition) is 1. The van der Waals surface area contributed by atoms with Crippen molar-refractivity contribution in [2.75, 3.05) is 25.1 Å². The van der Waals surface area contributed by atoms with E-state index in [1.165, 1.54) is 0 Å². The van der Waals surface area contributed by atoms with Gasteiger partial charge < -0.3 is 10.1 Å². The summed E-state index contributed by atoms with van der Waals surface area (Å²) in [4.78, 5) is 0. The molecule has 0 bridgehead atoms. The van der Waals surface area contributed by atoms with Crippen molar-refractivity contribution in [3.63, 3.8) is 0 Å². The first kappa shape index (κ1) is 12.5. The maximum absolute atomic E-state index is 5.81. The molecule has 84 valence electrons. The summed E-state index contributed by atoms with van der Waals surface area (Å²) in [6.07, 6.45) is 0.907. The van der Waals surface area contributed by atoms with E-state index in [0.717, 1.165) is 26.2 Å². The molecule has 0 aliphatic rings. The third-order valence-corrected chi connectivity index (χ3v) is 2.17. The van der Waals surface area contributed by atoms with Crippen molar-refractivity contribution in [3.05, 3.63) is 16.4 Å². The summed E-state index contributed by atoms with van der Waals surface area (Å²) >= 11 is 11.5. The highest BCUT2D eigenvalue weighted by molar-refractivity contribution is 6.33. The van der Waals surface area contributed by atoms with Gasteiger partial charge in [0.1, 0.15) is 0 Å². The van der Waals surface area contributed by atoms with Gasteiger partial charge in [-0.05, 0) is 13.3 Å². The van der Waals surface area contributed by atoms with E-state index in [1.54, 1.807) is 6.07 Å². The van der Waals surface area contributed by atoms with Crippen LogP contribution in [0.4, 0.5) is 5.69 Å². The Hall–Kier alpha value is -0.580. The first-order valence-electron chi connectivity index (χ1n) is 4.74. The summed E-state index contributed by atoms with van der Waals surface area (Å²) in [5.74, 6) is 0. The molecule has 0 aliphatic carbocycles. The zero-order valence-corrected chi connectivity index (χ0v) is 9.98. The van der Waals surface area contributed by atoms with Crippen LogP contribution in [-0.4, -0.2) is 30.0 Å². The molecule has 6 heteroatoms. The van der Waals surface area contributed by atoms with Crippen LogP contribution in [0.25, 0.3) is 0 Å². The highest BCUT2D eigenvalue weighted by atomic mass is 35.5. The Morgan fingerprint density at radius 3 is 2.93 bits per heavy atom. The van der Waals surface area contributed by atoms with Crippen LogP contribution in [-0.2, 0) is 4.74 Å². The fourth-order valence-corrected chi connectivity index (χ4v) is 1.32. The molecular formula is C9H13Cl2N3O. The maximum Gasteiger partial charge on any atom is 0.174 e. The molecule has 0 aromatic carbocycles. The molecule has 1 aromatic rings. The second kappa shape index (κ2) is 6.82. The number of rotatable bonds is 6. The lowest BCUT2D eigenvalue weighted by atomic mass is 10.4. The van der Waals surface area contributed by atoms with Gasteiger partial charge in [0.25, 0.3) is 0 Å². The van der Waals surface area contributed by atoms with Crippen LogP contribution in [0.1, 0.15) is 13.3 Å². The van der Waals surface area contributed by atoms with Gasteiger partial charge in [-0.15, -0.1) is 10.2 Å². The van der Waals surface area contributed by atoms with Crippen molar-refractivity contribution < 1.29 is 4.74 Å². The fraction of sp³-hybridized carbons (Fsp3) is 0.556. The zero-order chi connectivity index (χ0) is 11.1. The second-order valence-corrected chi connectivity index (χ2v) is 3.59. The smallest absolute Gasteiger partial charge is 0.174 e. The Balaban J connectivity index is 2.33. The summed E-state index contributed by atoms with van der Waals surface area (Å²) in [6, 6.07) is 1.65. The average molecular weight is 250 g/mol. The van der Waals surface area contributed by atoms with Crippen molar-refractivity contribution >= 4 is 28.9 Å². The average Bonchev–Trinajstić information content (AvgIpc) is 2.23. The summed E-state index contributed by atoms with van der Waals surface area (Å²) in [6.45, 7) is 4.20. The van der Waals surface area contributed by atoms with Crippen LogP contribution >= 0.6 is 23.2 Å². The highest BCUT2D eigenvalue weighted by Crippen LogP contribution is 2.20. The molecule has 0 atom stereocenters. The molecule has 4 nitrogen and oxygen atoms in total. The van der Waals surface area contributed by atoms with Crippen molar-refractivity contribution in [1.29, 1.82) is 0 Å². The van der Waals surface area contributed by atoms with E-state index in [-0.39, 0.29) is 0 Å². The zero-order valence-electron chi connectivity index (χ0n) is 8.46. The fourth-order valence-electron chi connectivity index (χ4n) is 1.02. The number of ether oxygens (including phenoxy) is 1. The highest BCUT2D eigenvalue weighted by Gasteiger charge is 2.02. The largest absolute Gasteiger partial charge is 0.382 e. The maximum atomic E-state index is 5.81. The summed E-state index contributed by atoms with van der Waals surface area (Å²) in [5, 5.41) is 11.1. The van der Waals surface area contributed by atoms with Crippen molar-refractivity contribution in [2.24, 2.45) is 0 Å². The number of hydrogen-bond acceptors (Lipinski definition) is 4. The quantitative estimate of drug-likeness (QED) is 0.788. The molecule has 0 spiro atoms. The lowest BCUT2D eigenvalue weighted by Crippen LogP contribution is -2.06. The molecule has 1 heterocycles. The lowest BCUT2D eigenvalue weighted by Gasteiger charge is -2.07. The van der Waals surface area contributed by atoms with E-state index >= 15 is 0 Å². The van der Waals surface area contributed by atoms with E-state index < -0.39 is 0 Å². The molecule has 1 rings (SSSR count). The monoisotopic (exact) mass is 249 g/mol. The predicted molar refractivity (Wildman–Crippen MR) is 61.7 cm³/mol. The molecule has 0 saturated heterocycles. The first-order chi connectivity index (χ1) is 7.24. The van der Waals surface area contributed by atoms with E-state index in [4.69, 9.17) is 27.9 Å². The van der Waals surface area contributed by atoms with Gasteiger partial charge in [-0.3, -0.25) is 0 Å². The van der Waals surface area contributed by atoms with Crippen molar-refractivity contribution in [3.8, 4) is 0 Å². The van der Waals surface area contributed by atoms with Gasteiger partial charge in [0.05, 0.1) is 5.69 Å². The van der Waals surface area contributed by atoms with Gasteiger partial charge >= 0.3 is 0 Å². The number of nitrogens with one attached hydrogen (secondary N) is 1. The molecule has 0 fully saturated rings. The van der Waals surface area contributed by atoms with Gasteiger partial charge in [-0.2, -0.15) is 0 Å². The SMILES string of the molecule is CCOCCCNc1cc(Cl)nnc1Cl. The number of nitrogens with zero attached hydrogens (tertiary/aromatic N) is 2. The summed E-state index contributed by atoms with van der Waals surface area (Å²) < 4.78 is 5.20. The van der Waals surface area contributed by atoms with Crippen LogP contribution in [0.3, 0.4) is 0 Å². The Morgan fingerprint density at radius 1 is 1.40 bits per heavy atom. The molecule has 0 amide bonds. The van der Waals surface area contributed by atoms with Gasteiger partial charge in [0.2, 0.25) is 0 Å². The Labute approximate surface area is 98.9 Å². The minimum absolute atomic E-state index is 0.326. The molecule has 15 heavy (non-hydrogen) atoms. The standard InChI is InChI=1S/C9H13Cl2N3O/c1-2-15-5-3-4-12-7-6-8(10)13-14-9(7)11/h6H,2-5H2,1H3,(H,12,13). The Bertz CT molecular complexity index is 309. The topological polar surface area (TPSA) is 47.0 Å². The van der Waals surface area contributed by atoms with Crippen LogP contribution in [0.15, 0.2) is 6.07 Å². The third kappa shape index (κ3) is 4.64. The first-order valence-corrected chi connectivity index (χ1v) is 5.50. The Morgan fingerprint density at radius 2 is 2.20 bits per heavy atom. The predicted octanol–water partition coefficient (Wildman–Crippen LogP) is 2.62. The van der Waals surface area contributed by atoms with Gasteiger partial charge in [0, 0.05) is 25.8 Å². The molecule has 0 saturated carbocycles. The number of aromatic nitrogens is 2.